The van der Waals surface area contributed by atoms with E-state index in [1.807, 2.05) is 0 Å². The first-order valence-electron chi connectivity index (χ1n) is 7.71. The number of anilines is 3. The Morgan fingerprint density at radius 1 is 1.31 bits per heavy atom. The summed E-state index contributed by atoms with van der Waals surface area (Å²) in [6.07, 6.45) is -2.59. The van der Waals surface area contributed by atoms with Crippen molar-refractivity contribution in [3.63, 3.8) is 0 Å². The number of nitrogens with zero attached hydrogens (tertiary/aromatic N) is 4. The number of rotatable bonds is 4. The highest BCUT2D eigenvalue weighted by molar-refractivity contribution is 7.91. The van der Waals surface area contributed by atoms with Gasteiger partial charge in [0.2, 0.25) is 5.95 Å². The number of sulfone groups is 1. The van der Waals surface area contributed by atoms with Gasteiger partial charge in [-0.2, -0.15) is 23.3 Å². The van der Waals surface area contributed by atoms with Crippen molar-refractivity contribution in [2.75, 3.05) is 28.8 Å². The van der Waals surface area contributed by atoms with E-state index in [0.717, 1.165) is 12.1 Å². The standard InChI is InChI=1S/C15H16F3N5O2S/c1-23(12-5-6-26(24,25)9-12)13-8-19-22-14(21-13)20-11-4-2-3-10(7-11)15(16,17)18/h2-4,7-8,12H,5-6,9H2,1H3,(H,20,21,22). The molecule has 11 heteroatoms. The molecule has 1 fully saturated rings. The van der Waals surface area contributed by atoms with Crippen molar-refractivity contribution in [3.8, 4) is 0 Å². The second kappa shape index (κ2) is 6.71. The van der Waals surface area contributed by atoms with Crippen molar-refractivity contribution in [1.82, 2.24) is 15.2 Å². The summed E-state index contributed by atoms with van der Waals surface area (Å²) in [6, 6.07) is 4.42. The minimum absolute atomic E-state index is 0.0227. The van der Waals surface area contributed by atoms with Gasteiger partial charge in [-0.1, -0.05) is 6.07 Å². The second-order valence-corrected chi connectivity index (χ2v) is 8.24. The molecule has 0 spiro atoms. The van der Waals surface area contributed by atoms with Gasteiger partial charge >= 0.3 is 6.18 Å². The molecule has 1 atom stereocenters. The van der Waals surface area contributed by atoms with Gasteiger partial charge in [0.1, 0.15) is 0 Å². The highest BCUT2D eigenvalue weighted by Gasteiger charge is 2.32. The van der Waals surface area contributed by atoms with Gasteiger partial charge < -0.3 is 10.2 Å². The first-order valence-corrected chi connectivity index (χ1v) is 9.53. The third kappa shape index (κ3) is 4.21. The summed E-state index contributed by atoms with van der Waals surface area (Å²) in [6.45, 7) is 0. The quantitative estimate of drug-likeness (QED) is 0.861. The highest BCUT2D eigenvalue weighted by Crippen LogP contribution is 2.31. The van der Waals surface area contributed by atoms with Crippen LogP contribution in [0.5, 0.6) is 0 Å². The summed E-state index contributed by atoms with van der Waals surface area (Å²) in [7, 11) is -1.36. The molecule has 0 saturated carbocycles. The van der Waals surface area contributed by atoms with Crippen LogP contribution in [0.1, 0.15) is 12.0 Å². The van der Waals surface area contributed by atoms with E-state index in [4.69, 9.17) is 0 Å². The Labute approximate surface area is 148 Å². The predicted molar refractivity (Wildman–Crippen MR) is 90.0 cm³/mol. The van der Waals surface area contributed by atoms with Crippen molar-refractivity contribution in [1.29, 1.82) is 0 Å². The molecule has 140 valence electrons. The monoisotopic (exact) mass is 387 g/mol. The molecular weight excluding hydrogens is 371 g/mol. The molecule has 1 aromatic heterocycles. The van der Waals surface area contributed by atoms with Crippen LogP contribution in [-0.4, -0.2) is 48.2 Å². The zero-order valence-corrected chi connectivity index (χ0v) is 14.5. The SMILES string of the molecule is CN(c1cnnc(Nc2cccc(C(F)(F)F)c2)n1)C1CCS(=O)(=O)C1. The smallest absolute Gasteiger partial charge is 0.354 e. The summed E-state index contributed by atoms with van der Waals surface area (Å²) in [5.74, 6) is 0.561. The van der Waals surface area contributed by atoms with E-state index >= 15 is 0 Å². The fourth-order valence-corrected chi connectivity index (χ4v) is 4.46. The fourth-order valence-electron chi connectivity index (χ4n) is 2.69. The van der Waals surface area contributed by atoms with Gasteiger partial charge in [-0.05, 0) is 24.6 Å². The summed E-state index contributed by atoms with van der Waals surface area (Å²) in [5.41, 5.74) is -0.621. The molecule has 3 rings (SSSR count). The molecular formula is C15H16F3N5O2S. The molecule has 2 aromatic rings. The maximum atomic E-state index is 12.8. The number of halogens is 3. The largest absolute Gasteiger partial charge is 0.416 e. The molecule has 1 saturated heterocycles. The van der Waals surface area contributed by atoms with Crippen LogP contribution in [0.4, 0.5) is 30.6 Å². The Kier molecular flexibility index (Phi) is 4.74. The highest BCUT2D eigenvalue weighted by atomic mass is 32.2. The zero-order chi connectivity index (χ0) is 18.9. The Hall–Kier alpha value is -2.43. The van der Waals surface area contributed by atoms with E-state index in [-0.39, 0.29) is 29.2 Å². The van der Waals surface area contributed by atoms with Crippen LogP contribution in [0.2, 0.25) is 0 Å². The zero-order valence-electron chi connectivity index (χ0n) is 13.7. The molecule has 1 aliphatic heterocycles. The van der Waals surface area contributed by atoms with E-state index in [1.165, 1.54) is 18.3 Å². The lowest BCUT2D eigenvalue weighted by Crippen LogP contribution is -2.33. The van der Waals surface area contributed by atoms with Gasteiger partial charge in [0.15, 0.2) is 15.7 Å². The van der Waals surface area contributed by atoms with E-state index < -0.39 is 21.6 Å². The molecule has 1 aliphatic rings. The predicted octanol–water partition coefficient (Wildman–Crippen LogP) is 2.26. The van der Waals surface area contributed by atoms with Crippen LogP contribution in [0.15, 0.2) is 30.5 Å². The molecule has 26 heavy (non-hydrogen) atoms. The third-order valence-electron chi connectivity index (χ3n) is 4.11. The summed E-state index contributed by atoms with van der Waals surface area (Å²) < 4.78 is 61.6. The maximum Gasteiger partial charge on any atom is 0.416 e. The van der Waals surface area contributed by atoms with Crippen LogP contribution in [-0.2, 0) is 16.0 Å². The average molecular weight is 387 g/mol. The van der Waals surface area contributed by atoms with Crippen molar-refractivity contribution < 1.29 is 21.6 Å². The van der Waals surface area contributed by atoms with E-state index in [2.05, 4.69) is 20.5 Å². The number of alkyl halides is 3. The molecule has 1 N–H and O–H groups in total. The van der Waals surface area contributed by atoms with Gasteiger partial charge in [-0.25, -0.2) is 8.42 Å². The fraction of sp³-hybridized carbons (Fsp3) is 0.400. The second-order valence-electron chi connectivity index (χ2n) is 6.01. The lowest BCUT2D eigenvalue weighted by atomic mass is 10.2. The first-order chi connectivity index (χ1) is 12.1. The molecule has 7 nitrogen and oxygen atoms in total. The molecule has 0 aliphatic carbocycles. The molecule has 1 aromatic carbocycles. The van der Waals surface area contributed by atoms with E-state index in [9.17, 15) is 21.6 Å². The molecule has 0 amide bonds. The number of benzene rings is 1. The lowest BCUT2D eigenvalue weighted by Gasteiger charge is -2.24. The topological polar surface area (TPSA) is 88.1 Å². The Morgan fingerprint density at radius 3 is 2.73 bits per heavy atom. The van der Waals surface area contributed by atoms with Crippen molar-refractivity contribution in [3.05, 3.63) is 36.0 Å². The Balaban J connectivity index is 1.78. The normalized spacial score (nSPS) is 19.3. The van der Waals surface area contributed by atoms with E-state index in [0.29, 0.717) is 12.2 Å². The number of nitrogens with one attached hydrogen (secondary N) is 1. The van der Waals surface area contributed by atoms with Crippen LogP contribution < -0.4 is 10.2 Å². The van der Waals surface area contributed by atoms with Crippen molar-refractivity contribution in [2.45, 2.75) is 18.6 Å². The van der Waals surface area contributed by atoms with Gasteiger partial charge in [0, 0.05) is 18.8 Å². The Bertz CT molecular complexity index is 904. The molecule has 0 bridgehead atoms. The van der Waals surface area contributed by atoms with Gasteiger partial charge in [0.05, 0.1) is 23.3 Å². The van der Waals surface area contributed by atoms with Crippen LogP contribution >= 0.6 is 0 Å². The van der Waals surface area contributed by atoms with Crippen molar-refractivity contribution in [2.24, 2.45) is 0 Å². The van der Waals surface area contributed by atoms with Gasteiger partial charge in [-0.3, -0.25) is 0 Å². The maximum absolute atomic E-state index is 12.8. The van der Waals surface area contributed by atoms with Crippen LogP contribution in [0.25, 0.3) is 0 Å². The first kappa shape index (κ1) is 18.4. The number of hydrogen-bond donors (Lipinski definition) is 1. The molecule has 2 heterocycles. The average Bonchev–Trinajstić information content (AvgIpc) is 2.94. The Morgan fingerprint density at radius 2 is 2.08 bits per heavy atom. The third-order valence-corrected chi connectivity index (χ3v) is 5.86. The minimum Gasteiger partial charge on any atom is -0.354 e. The molecule has 0 radical (unpaired) electrons. The molecule has 1 unspecified atom stereocenters. The number of aromatic nitrogens is 3. The van der Waals surface area contributed by atoms with Gasteiger partial charge in [-0.15, -0.1) is 5.10 Å². The van der Waals surface area contributed by atoms with E-state index in [1.54, 1.807) is 11.9 Å². The summed E-state index contributed by atoms with van der Waals surface area (Å²) >= 11 is 0. The lowest BCUT2D eigenvalue weighted by molar-refractivity contribution is -0.137. The summed E-state index contributed by atoms with van der Waals surface area (Å²) in [4.78, 5) is 5.91. The van der Waals surface area contributed by atoms with Crippen LogP contribution in [0.3, 0.4) is 0 Å². The van der Waals surface area contributed by atoms with Crippen LogP contribution in [0, 0.1) is 0 Å². The summed E-state index contributed by atoms with van der Waals surface area (Å²) in [5, 5.41) is 10.2. The van der Waals surface area contributed by atoms with Gasteiger partial charge in [0.25, 0.3) is 0 Å². The number of hydrogen-bond acceptors (Lipinski definition) is 7. The minimum atomic E-state index is -4.45. The van der Waals surface area contributed by atoms with Crippen molar-refractivity contribution >= 4 is 27.3 Å².